The molecule has 0 aliphatic carbocycles. The van der Waals surface area contributed by atoms with Gasteiger partial charge >= 0.3 is 12.3 Å². The first kappa shape index (κ1) is 15.5. The van der Waals surface area contributed by atoms with Crippen LogP contribution in [-0.4, -0.2) is 26.3 Å². The van der Waals surface area contributed by atoms with Crippen LogP contribution < -0.4 is 10.1 Å². The summed E-state index contributed by atoms with van der Waals surface area (Å²) in [5, 5.41) is 2.60. The smallest absolute Gasteiger partial charge is 0.391 e. The molecule has 1 rings (SSSR count). The zero-order chi connectivity index (χ0) is 14.5. The Kier molecular flexibility index (Phi) is 5.34. The number of carbonyl (C=O) groups excluding carboxylic acids is 1. The lowest BCUT2D eigenvalue weighted by atomic mass is 10.3. The van der Waals surface area contributed by atoms with Crippen molar-refractivity contribution in [2.45, 2.75) is 31.7 Å². The minimum atomic E-state index is -4.45. The second-order valence-corrected chi connectivity index (χ2v) is 4.94. The lowest BCUT2D eigenvalue weighted by Crippen LogP contribution is -2.39. The van der Waals surface area contributed by atoms with Gasteiger partial charge in [0.05, 0.1) is 15.1 Å². The number of hydrogen-bond donors (Lipinski definition) is 1. The van der Waals surface area contributed by atoms with E-state index in [1.807, 2.05) is 13.5 Å². The summed E-state index contributed by atoms with van der Waals surface area (Å²) in [4.78, 5) is 14.9. The van der Waals surface area contributed by atoms with Gasteiger partial charge in [-0.1, -0.05) is 13.5 Å². The highest BCUT2D eigenvalue weighted by molar-refractivity contribution is 6.36. The Hall–Kier alpha value is -1.57. The van der Waals surface area contributed by atoms with E-state index in [0.29, 0.717) is 15.7 Å². The Morgan fingerprint density at radius 3 is 2.63 bits per heavy atom. The van der Waals surface area contributed by atoms with Crippen LogP contribution in [0, 0.1) is 0 Å². The summed E-state index contributed by atoms with van der Waals surface area (Å²) in [6, 6.07) is 1.83. The van der Waals surface area contributed by atoms with Gasteiger partial charge in [-0.2, -0.15) is 13.2 Å². The number of carbonyl (C=O) groups is 1. The minimum Gasteiger partial charge on any atom is -0.391 e. The first-order valence-corrected chi connectivity index (χ1v) is 7.13. The van der Waals surface area contributed by atoms with Crippen LogP contribution in [0.5, 0.6) is 5.88 Å². The molecule has 1 N–H and O–H groups in total. The van der Waals surface area contributed by atoms with Crippen molar-refractivity contribution in [2.75, 3.05) is 0 Å². The summed E-state index contributed by atoms with van der Waals surface area (Å²) in [6.07, 6.45) is -3.79. The number of rotatable bonds is 4. The molecule has 1 atom stereocenters. The number of halogens is 3. The van der Waals surface area contributed by atoms with Gasteiger partial charge in [-0.3, -0.25) is 0 Å². The Morgan fingerprint density at radius 2 is 2.21 bits per heavy atom. The second kappa shape index (κ2) is 6.55. The Labute approximate surface area is 111 Å². The standard InChI is InChI=1S/C11H13F3N2O2Si/c1-3-9(19-2)16-10(17)18-8-5-4-7(6-15-8)11(12,13)14/h4-6,9H,3H2,1-2H3,(H,16,17). The number of pyridine rings is 1. The van der Waals surface area contributed by atoms with Crippen LogP contribution >= 0.6 is 0 Å². The molecular weight excluding hydrogens is 277 g/mol. The average molecular weight is 290 g/mol. The van der Waals surface area contributed by atoms with Crippen LogP contribution in [-0.2, 0) is 6.18 Å². The molecule has 1 aromatic rings. The zero-order valence-corrected chi connectivity index (χ0v) is 11.4. The van der Waals surface area contributed by atoms with Crippen molar-refractivity contribution in [3.8, 4) is 5.88 Å². The summed E-state index contributed by atoms with van der Waals surface area (Å²) in [5.41, 5.74) is -0.885. The summed E-state index contributed by atoms with van der Waals surface area (Å²) >= 11 is 0. The van der Waals surface area contributed by atoms with E-state index >= 15 is 0 Å². The van der Waals surface area contributed by atoms with Gasteiger partial charge in [-0.25, -0.2) is 9.78 Å². The molecule has 2 radical (unpaired) electrons. The molecule has 104 valence electrons. The molecule has 0 aliphatic heterocycles. The first-order valence-electron chi connectivity index (χ1n) is 5.55. The van der Waals surface area contributed by atoms with Crippen LogP contribution in [0.1, 0.15) is 18.9 Å². The fourth-order valence-electron chi connectivity index (χ4n) is 1.25. The highest BCUT2D eigenvalue weighted by atomic mass is 28.2. The first-order chi connectivity index (χ1) is 8.86. The van der Waals surface area contributed by atoms with Crippen molar-refractivity contribution in [2.24, 2.45) is 0 Å². The average Bonchev–Trinajstić information content (AvgIpc) is 2.35. The molecule has 0 aromatic carbocycles. The maximum absolute atomic E-state index is 12.3. The minimum absolute atomic E-state index is 0.00180. The van der Waals surface area contributed by atoms with Crippen molar-refractivity contribution in [1.29, 1.82) is 0 Å². The Bertz CT molecular complexity index is 419. The number of ether oxygens (including phenoxy) is 1. The van der Waals surface area contributed by atoms with Gasteiger partial charge in [0, 0.05) is 17.9 Å². The molecule has 1 unspecified atom stereocenters. The van der Waals surface area contributed by atoms with Gasteiger partial charge in [-0.05, 0) is 12.5 Å². The highest BCUT2D eigenvalue weighted by Gasteiger charge is 2.30. The highest BCUT2D eigenvalue weighted by Crippen LogP contribution is 2.29. The summed E-state index contributed by atoms with van der Waals surface area (Å²) in [7, 11) is 0.512. The third kappa shape index (κ3) is 4.90. The quantitative estimate of drug-likeness (QED) is 0.867. The van der Waals surface area contributed by atoms with Gasteiger partial charge in [0.25, 0.3) is 0 Å². The number of aromatic nitrogens is 1. The normalized spacial score (nSPS) is 12.9. The lowest BCUT2D eigenvalue weighted by molar-refractivity contribution is -0.137. The van der Waals surface area contributed by atoms with Gasteiger partial charge in [0.15, 0.2) is 0 Å². The zero-order valence-electron chi connectivity index (χ0n) is 10.4. The van der Waals surface area contributed by atoms with Gasteiger partial charge in [0.2, 0.25) is 5.88 Å². The topological polar surface area (TPSA) is 51.2 Å². The molecule has 0 aliphatic rings. The second-order valence-electron chi connectivity index (χ2n) is 3.67. The van der Waals surface area contributed by atoms with Crippen LogP contribution in [0.25, 0.3) is 0 Å². The number of nitrogens with one attached hydrogen (secondary N) is 1. The third-order valence-corrected chi connectivity index (χ3v) is 3.56. The van der Waals surface area contributed by atoms with Gasteiger partial charge < -0.3 is 10.1 Å². The third-order valence-electron chi connectivity index (χ3n) is 2.31. The molecule has 0 bridgehead atoms. The molecule has 19 heavy (non-hydrogen) atoms. The Morgan fingerprint density at radius 1 is 1.53 bits per heavy atom. The fourth-order valence-corrected chi connectivity index (χ4v) is 1.92. The van der Waals surface area contributed by atoms with Crippen LogP contribution in [0.3, 0.4) is 0 Å². The number of hydrogen-bond acceptors (Lipinski definition) is 3. The van der Waals surface area contributed by atoms with E-state index < -0.39 is 17.8 Å². The lowest BCUT2D eigenvalue weighted by Gasteiger charge is -2.13. The van der Waals surface area contributed by atoms with Gasteiger partial charge in [-0.15, -0.1) is 0 Å². The molecule has 8 heteroatoms. The molecule has 0 spiro atoms. The molecule has 1 amide bonds. The van der Waals surface area contributed by atoms with E-state index in [1.165, 1.54) is 0 Å². The van der Waals surface area contributed by atoms with E-state index in [1.54, 1.807) is 0 Å². The van der Waals surface area contributed by atoms with E-state index in [-0.39, 0.29) is 11.5 Å². The van der Waals surface area contributed by atoms with Crippen molar-refractivity contribution in [1.82, 2.24) is 10.3 Å². The molecule has 0 saturated heterocycles. The number of nitrogens with zero attached hydrogens (tertiary/aromatic N) is 1. The van der Waals surface area contributed by atoms with Crippen molar-refractivity contribution in [3.63, 3.8) is 0 Å². The largest absolute Gasteiger partial charge is 0.417 e. The predicted octanol–water partition coefficient (Wildman–Crippen LogP) is 2.68. The Balaban J connectivity index is 2.61. The fraction of sp³-hybridized carbons (Fsp3) is 0.455. The SMILES string of the molecule is CCC(NC(=O)Oc1ccc(C(F)(F)F)cn1)[Si]C. The summed E-state index contributed by atoms with van der Waals surface area (Å²) < 4.78 is 41.7. The van der Waals surface area contributed by atoms with E-state index in [2.05, 4.69) is 10.3 Å². The monoisotopic (exact) mass is 290 g/mol. The van der Waals surface area contributed by atoms with Crippen molar-refractivity contribution < 1.29 is 22.7 Å². The maximum Gasteiger partial charge on any atom is 0.417 e. The number of alkyl halides is 3. The predicted molar refractivity (Wildman–Crippen MR) is 64.1 cm³/mol. The van der Waals surface area contributed by atoms with Crippen LogP contribution in [0.2, 0.25) is 6.55 Å². The number of amides is 1. The maximum atomic E-state index is 12.3. The van der Waals surface area contributed by atoms with Crippen molar-refractivity contribution >= 4 is 15.6 Å². The summed E-state index contributed by atoms with van der Waals surface area (Å²) in [5.74, 6) is -0.167. The van der Waals surface area contributed by atoms with Crippen LogP contribution in [0.4, 0.5) is 18.0 Å². The molecule has 1 aromatic heterocycles. The molecule has 4 nitrogen and oxygen atoms in total. The van der Waals surface area contributed by atoms with E-state index in [9.17, 15) is 18.0 Å². The molecule has 0 saturated carbocycles. The van der Waals surface area contributed by atoms with E-state index in [0.717, 1.165) is 18.6 Å². The van der Waals surface area contributed by atoms with Crippen molar-refractivity contribution in [3.05, 3.63) is 23.9 Å². The molecule has 1 heterocycles. The van der Waals surface area contributed by atoms with Crippen LogP contribution in [0.15, 0.2) is 18.3 Å². The van der Waals surface area contributed by atoms with Gasteiger partial charge in [0.1, 0.15) is 0 Å². The molecular formula is C11H13F3N2O2Si. The van der Waals surface area contributed by atoms with E-state index in [4.69, 9.17) is 4.74 Å². The molecule has 0 fully saturated rings. The summed E-state index contributed by atoms with van der Waals surface area (Å²) in [6.45, 7) is 3.85.